The van der Waals surface area contributed by atoms with Crippen molar-refractivity contribution in [3.63, 3.8) is 0 Å². The van der Waals surface area contributed by atoms with E-state index in [1.807, 2.05) is 18.3 Å². The lowest BCUT2D eigenvalue weighted by molar-refractivity contribution is 0.126. The Hall–Kier alpha value is -1.70. The molecule has 130 valence electrons. The van der Waals surface area contributed by atoms with E-state index in [0.29, 0.717) is 15.8 Å². The SMILES string of the molecule is OC1CCC(Nc2cc(-c3c[nH]c4ncc(Br)nc34)cc(Cl)n2)CC1. The van der Waals surface area contributed by atoms with E-state index in [1.54, 1.807) is 6.20 Å². The zero-order valence-corrected chi connectivity index (χ0v) is 15.7. The number of aromatic nitrogens is 4. The van der Waals surface area contributed by atoms with Crippen LogP contribution < -0.4 is 5.32 Å². The number of hydrogen-bond acceptors (Lipinski definition) is 5. The molecule has 25 heavy (non-hydrogen) atoms. The maximum atomic E-state index is 9.64. The van der Waals surface area contributed by atoms with Crippen LogP contribution in [-0.4, -0.2) is 37.2 Å². The third-order valence-corrected chi connectivity index (χ3v) is 5.08. The monoisotopic (exact) mass is 421 g/mol. The van der Waals surface area contributed by atoms with Crippen LogP contribution in [0.4, 0.5) is 5.82 Å². The van der Waals surface area contributed by atoms with E-state index in [-0.39, 0.29) is 6.10 Å². The Bertz CT molecular complexity index is 907. The molecule has 0 aromatic carbocycles. The van der Waals surface area contributed by atoms with Gasteiger partial charge in [-0.2, -0.15) is 0 Å². The van der Waals surface area contributed by atoms with E-state index in [9.17, 15) is 5.11 Å². The van der Waals surface area contributed by atoms with Crippen molar-refractivity contribution in [1.29, 1.82) is 0 Å². The van der Waals surface area contributed by atoms with E-state index in [2.05, 4.69) is 41.2 Å². The molecule has 4 rings (SSSR count). The first-order valence-electron chi connectivity index (χ1n) is 8.20. The maximum Gasteiger partial charge on any atom is 0.156 e. The van der Waals surface area contributed by atoms with Crippen LogP contribution in [0.2, 0.25) is 5.15 Å². The molecule has 0 amide bonds. The van der Waals surface area contributed by atoms with Gasteiger partial charge in [-0.3, -0.25) is 0 Å². The minimum absolute atomic E-state index is 0.177. The highest BCUT2D eigenvalue weighted by Gasteiger charge is 2.20. The topological polar surface area (TPSA) is 86.7 Å². The summed E-state index contributed by atoms with van der Waals surface area (Å²) in [5.74, 6) is 0.737. The zero-order valence-electron chi connectivity index (χ0n) is 13.3. The molecule has 6 nitrogen and oxygen atoms in total. The van der Waals surface area contributed by atoms with Crippen molar-refractivity contribution < 1.29 is 5.11 Å². The molecule has 3 N–H and O–H groups in total. The molecule has 1 fully saturated rings. The quantitative estimate of drug-likeness (QED) is 0.552. The van der Waals surface area contributed by atoms with Crippen molar-refractivity contribution in [2.24, 2.45) is 0 Å². The highest BCUT2D eigenvalue weighted by Crippen LogP contribution is 2.31. The van der Waals surface area contributed by atoms with Gasteiger partial charge in [0.15, 0.2) is 5.65 Å². The number of aliphatic hydroxyl groups is 1. The summed E-state index contributed by atoms with van der Waals surface area (Å²) in [4.78, 5) is 16.3. The number of halogens is 2. The van der Waals surface area contributed by atoms with E-state index in [0.717, 1.165) is 53.8 Å². The average Bonchev–Trinajstić information content (AvgIpc) is 2.99. The van der Waals surface area contributed by atoms with Crippen molar-refractivity contribution in [3.8, 4) is 11.1 Å². The Balaban J connectivity index is 1.66. The van der Waals surface area contributed by atoms with E-state index in [1.165, 1.54) is 0 Å². The van der Waals surface area contributed by atoms with Crippen LogP contribution in [0, 0.1) is 0 Å². The van der Waals surface area contributed by atoms with Gasteiger partial charge in [-0.1, -0.05) is 11.6 Å². The van der Waals surface area contributed by atoms with Gasteiger partial charge in [-0.15, -0.1) is 0 Å². The fraction of sp³-hybridized carbons (Fsp3) is 0.353. The largest absolute Gasteiger partial charge is 0.393 e. The number of anilines is 1. The second kappa shape index (κ2) is 6.90. The van der Waals surface area contributed by atoms with Crippen LogP contribution >= 0.6 is 27.5 Å². The number of nitrogens with one attached hydrogen (secondary N) is 2. The first-order valence-corrected chi connectivity index (χ1v) is 9.38. The predicted octanol–water partition coefficient (Wildman–Crippen LogP) is 4.15. The lowest BCUT2D eigenvalue weighted by atomic mass is 9.93. The summed E-state index contributed by atoms with van der Waals surface area (Å²) in [5.41, 5.74) is 3.36. The molecule has 0 spiro atoms. The predicted molar refractivity (Wildman–Crippen MR) is 102 cm³/mol. The van der Waals surface area contributed by atoms with E-state index < -0.39 is 0 Å². The Morgan fingerprint density at radius 3 is 2.80 bits per heavy atom. The zero-order chi connectivity index (χ0) is 17.4. The smallest absolute Gasteiger partial charge is 0.156 e. The summed E-state index contributed by atoms with van der Waals surface area (Å²) in [5, 5.41) is 13.5. The first kappa shape index (κ1) is 16.8. The summed E-state index contributed by atoms with van der Waals surface area (Å²) in [6.07, 6.45) is 6.85. The number of fused-ring (bicyclic) bond motifs is 1. The average molecular weight is 423 g/mol. The highest BCUT2D eigenvalue weighted by molar-refractivity contribution is 9.10. The van der Waals surface area contributed by atoms with Gasteiger partial charge in [0, 0.05) is 17.8 Å². The molecule has 0 unspecified atom stereocenters. The fourth-order valence-corrected chi connectivity index (χ4v) is 3.73. The minimum atomic E-state index is -0.177. The summed E-state index contributed by atoms with van der Waals surface area (Å²) in [6.45, 7) is 0. The minimum Gasteiger partial charge on any atom is -0.393 e. The lowest BCUT2D eigenvalue weighted by Gasteiger charge is -2.26. The van der Waals surface area contributed by atoms with E-state index >= 15 is 0 Å². The second-order valence-corrected chi connectivity index (χ2v) is 7.51. The molecular weight excluding hydrogens is 406 g/mol. The third-order valence-electron chi connectivity index (χ3n) is 4.51. The molecule has 1 aliphatic rings. The van der Waals surface area contributed by atoms with Gasteiger partial charge in [0.25, 0.3) is 0 Å². The highest BCUT2D eigenvalue weighted by atomic mass is 79.9. The molecule has 3 aromatic rings. The number of aromatic amines is 1. The molecule has 0 bridgehead atoms. The number of rotatable bonds is 3. The molecule has 1 saturated carbocycles. The van der Waals surface area contributed by atoms with Gasteiger partial charge in [0.1, 0.15) is 21.1 Å². The maximum absolute atomic E-state index is 9.64. The Morgan fingerprint density at radius 2 is 2.00 bits per heavy atom. The number of nitrogens with zero attached hydrogens (tertiary/aromatic N) is 3. The van der Waals surface area contributed by atoms with Crippen molar-refractivity contribution in [1.82, 2.24) is 19.9 Å². The van der Waals surface area contributed by atoms with Gasteiger partial charge in [-0.25, -0.2) is 15.0 Å². The van der Waals surface area contributed by atoms with Gasteiger partial charge in [0.2, 0.25) is 0 Å². The normalized spacial score (nSPS) is 20.8. The van der Waals surface area contributed by atoms with Gasteiger partial charge >= 0.3 is 0 Å². The van der Waals surface area contributed by atoms with Crippen LogP contribution in [0.1, 0.15) is 25.7 Å². The van der Waals surface area contributed by atoms with Crippen LogP contribution in [-0.2, 0) is 0 Å². The molecular formula is C17H17BrClN5O. The molecule has 1 aliphatic carbocycles. The lowest BCUT2D eigenvalue weighted by Crippen LogP contribution is -2.28. The summed E-state index contributed by atoms with van der Waals surface area (Å²) < 4.78 is 0.681. The number of hydrogen-bond donors (Lipinski definition) is 3. The van der Waals surface area contributed by atoms with Gasteiger partial charge in [-0.05, 0) is 59.3 Å². The van der Waals surface area contributed by atoms with Crippen molar-refractivity contribution >= 4 is 44.5 Å². The van der Waals surface area contributed by atoms with Gasteiger partial charge in [0.05, 0.1) is 12.3 Å². The Morgan fingerprint density at radius 1 is 1.20 bits per heavy atom. The first-order chi connectivity index (χ1) is 12.1. The molecule has 0 atom stereocenters. The fourth-order valence-electron chi connectivity index (χ4n) is 3.25. The summed E-state index contributed by atoms with van der Waals surface area (Å²) in [7, 11) is 0. The van der Waals surface area contributed by atoms with E-state index in [4.69, 9.17) is 11.6 Å². The number of H-pyrrole nitrogens is 1. The number of aliphatic hydroxyl groups excluding tert-OH is 1. The Kier molecular flexibility index (Phi) is 4.62. The molecule has 0 aliphatic heterocycles. The summed E-state index contributed by atoms with van der Waals surface area (Å²) >= 11 is 9.61. The van der Waals surface area contributed by atoms with Crippen molar-refractivity contribution in [2.45, 2.75) is 37.8 Å². The van der Waals surface area contributed by atoms with Crippen molar-refractivity contribution in [2.75, 3.05) is 5.32 Å². The standard InChI is InChI=1S/C17H17BrClN5O/c18-13-8-21-17-16(23-13)12(7-20-17)9-5-14(19)24-15(6-9)22-10-1-3-11(25)4-2-10/h5-8,10-11,25H,1-4H2,(H,20,21)(H,22,24). The third kappa shape index (κ3) is 3.63. The molecule has 3 heterocycles. The van der Waals surface area contributed by atoms with Gasteiger partial charge < -0.3 is 15.4 Å². The Labute approximate surface area is 158 Å². The van der Waals surface area contributed by atoms with Crippen LogP contribution in [0.5, 0.6) is 0 Å². The second-order valence-electron chi connectivity index (χ2n) is 6.31. The van der Waals surface area contributed by atoms with Crippen LogP contribution in [0.15, 0.2) is 29.1 Å². The molecule has 8 heteroatoms. The molecule has 3 aromatic heterocycles. The molecule has 0 radical (unpaired) electrons. The van der Waals surface area contributed by atoms with Crippen molar-refractivity contribution in [3.05, 3.63) is 34.3 Å². The van der Waals surface area contributed by atoms with Crippen LogP contribution in [0.25, 0.3) is 22.3 Å². The molecule has 0 saturated heterocycles. The van der Waals surface area contributed by atoms with Crippen LogP contribution in [0.3, 0.4) is 0 Å². The summed E-state index contributed by atoms with van der Waals surface area (Å²) in [6, 6.07) is 4.10. The number of pyridine rings is 1.